The number of H-pyrrole nitrogens is 2. The minimum atomic E-state index is -6.22. The van der Waals surface area contributed by atoms with E-state index < -0.39 is 142 Å². The van der Waals surface area contributed by atoms with E-state index in [0.29, 0.717) is 4.57 Å². The Morgan fingerprint density at radius 1 is 0.767 bits per heavy atom. The monoisotopic (exact) mass is 1120 g/mol. The molecule has 8 heterocycles. The summed E-state index contributed by atoms with van der Waals surface area (Å²) >= 11 is 0. The Bertz CT molecular complexity index is 3300. The molecule has 3 aliphatic heterocycles. The second-order valence-corrected chi connectivity index (χ2v) is 22.2. The molecular weight excluding hydrogens is 1080 g/mol. The largest absolute Gasteiger partial charge is 0.490 e. The van der Waals surface area contributed by atoms with Crippen LogP contribution < -0.4 is 38.6 Å². The molecule has 0 bridgehead atoms. The summed E-state index contributed by atoms with van der Waals surface area (Å²) in [6.07, 6.45) is -14.1. The van der Waals surface area contributed by atoms with Crippen molar-refractivity contribution in [1.29, 1.82) is 0 Å². The summed E-state index contributed by atoms with van der Waals surface area (Å²) in [6, 6.07) is 2.41. The number of ether oxygens (including phenoxy) is 4. The quantitative estimate of drug-likeness (QED) is 0.0272. The number of nitrogen functional groups attached to an aromatic ring is 3. The van der Waals surface area contributed by atoms with Gasteiger partial charge in [-0.05, 0) is 12.1 Å². The van der Waals surface area contributed by atoms with E-state index >= 15 is 0 Å². The zero-order valence-corrected chi connectivity index (χ0v) is 40.7. The number of aliphatic hydroxyl groups is 4. The lowest BCUT2D eigenvalue weighted by Crippen LogP contribution is -2.54. The highest BCUT2D eigenvalue weighted by atomic mass is 31.3. The number of imidazole rings is 1. The number of methoxy groups -OCH3 is 1. The zero-order valence-electron chi connectivity index (χ0n) is 37.2. The third-order valence-corrected chi connectivity index (χ3v) is 16.6. The van der Waals surface area contributed by atoms with Gasteiger partial charge in [-0.1, -0.05) is 4.98 Å². The molecule has 8 rings (SSSR count). The van der Waals surface area contributed by atoms with E-state index in [-0.39, 0.29) is 39.9 Å². The van der Waals surface area contributed by atoms with E-state index in [1.54, 1.807) is 0 Å². The lowest BCUT2D eigenvalue weighted by Gasteiger charge is -2.35. The number of aromatic amines is 2. The number of rotatable bonds is 19. The number of nitrogens with one attached hydrogen (secondary N) is 2. The molecule has 15 atom stereocenters. The zero-order chi connectivity index (χ0) is 53.3. The van der Waals surface area contributed by atoms with Gasteiger partial charge in [-0.15, -0.1) is 0 Å². The standard InChI is InChI=1S/C32H44N12O25P4/c1-41-11-43(24-17(41)26(50)40-30(35)38-24)28-21(48)19(46)14(66-28)8-63-71(54,55)68-73(58,59)69-72(56,57)64-9-15-22(32(60-2,10-61-15)44-6-4-16(33)36-31(44)51)67-70(52,53)62-7-13-18(45)20(47)27(65-13)42-5-3-12-23(42)37-29(34)39-25(12)49/h3-6,11,13-15,18-22,27-28,45-48H,7-10H2,1-2H3,(H11-,33,34,35,36,37,38,39,40,49,50,51,52,53,54,55,56,57,58,59)/p+1/t13-,14?,15-,18+,19?,20?,21?,22+,27-,28?,32-/m1/s1. The Kier molecular flexibility index (Phi) is 15.0. The number of aryl methyl sites for hydroxylation is 1. The van der Waals surface area contributed by atoms with Gasteiger partial charge >= 0.3 is 42.6 Å². The normalized spacial score (nSPS) is 30.9. The van der Waals surface area contributed by atoms with Crippen molar-refractivity contribution in [2.45, 2.75) is 67.0 Å². The average molecular weight is 1120 g/mol. The van der Waals surface area contributed by atoms with Crippen molar-refractivity contribution >= 4 is 71.2 Å². The number of aromatic nitrogens is 9. The second-order valence-electron chi connectivity index (χ2n) is 16.1. The number of phosphoric acid groups is 4. The number of hydrogen-bond acceptors (Lipinski definition) is 27. The van der Waals surface area contributed by atoms with Crippen molar-refractivity contribution in [1.82, 2.24) is 38.6 Å². The van der Waals surface area contributed by atoms with Gasteiger partial charge in [-0.25, -0.2) is 27.6 Å². The summed E-state index contributed by atoms with van der Waals surface area (Å²) in [5.74, 6) is -0.901. The van der Waals surface area contributed by atoms with Crippen LogP contribution in [-0.2, 0) is 76.7 Å². The molecule has 0 aromatic carbocycles. The van der Waals surface area contributed by atoms with Crippen LogP contribution in [0, 0.1) is 0 Å². The predicted molar refractivity (Wildman–Crippen MR) is 234 cm³/mol. The average Bonchev–Trinajstić information content (AvgIpc) is 4.08. The minimum Gasteiger partial charge on any atom is -0.387 e. The van der Waals surface area contributed by atoms with E-state index in [2.05, 4.69) is 38.1 Å². The second kappa shape index (κ2) is 20.1. The summed E-state index contributed by atoms with van der Waals surface area (Å²) in [4.78, 5) is 96.2. The fourth-order valence-corrected chi connectivity index (χ4v) is 12.6. The molecule has 37 nitrogen and oxygen atoms in total. The van der Waals surface area contributed by atoms with Crippen LogP contribution in [0.4, 0.5) is 17.7 Å². The van der Waals surface area contributed by atoms with Crippen LogP contribution in [0.1, 0.15) is 12.5 Å². The summed E-state index contributed by atoms with van der Waals surface area (Å²) in [5, 5.41) is 43.1. The molecule has 0 amide bonds. The Hall–Kier alpha value is -4.75. The summed E-state index contributed by atoms with van der Waals surface area (Å²) in [6.45, 7) is -4.32. The van der Waals surface area contributed by atoms with Crippen LogP contribution in [0.3, 0.4) is 0 Å². The number of phosphoric ester groups is 3. The summed E-state index contributed by atoms with van der Waals surface area (Å²) < 4.78 is 107. The van der Waals surface area contributed by atoms with E-state index in [1.165, 1.54) is 30.2 Å². The van der Waals surface area contributed by atoms with Gasteiger partial charge < -0.3 is 80.7 Å². The van der Waals surface area contributed by atoms with Crippen molar-refractivity contribution < 1.29 is 108 Å². The van der Waals surface area contributed by atoms with Gasteiger partial charge in [0.15, 0.2) is 18.2 Å². The molecule has 0 saturated carbocycles. The molecule has 3 saturated heterocycles. The molecule has 73 heavy (non-hydrogen) atoms. The van der Waals surface area contributed by atoms with Gasteiger partial charge in [-0.2, -0.15) is 18.6 Å². The molecule has 402 valence electrons. The highest BCUT2D eigenvalue weighted by molar-refractivity contribution is 7.66. The third-order valence-electron chi connectivity index (χ3n) is 11.4. The van der Waals surface area contributed by atoms with Crippen molar-refractivity contribution in [3.63, 3.8) is 0 Å². The molecule has 41 heteroatoms. The lowest BCUT2D eigenvalue weighted by molar-refractivity contribution is -0.745. The van der Waals surface area contributed by atoms with E-state index in [0.717, 1.165) is 28.5 Å². The predicted octanol–water partition coefficient (Wildman–Crippen LogP) is -4.90. The summed E-state index contributed by atoms with van der Waals surface area (Å²) in [7, 11) is -21.2. The molecule has 5 aromatic rings. The maximum atomic E-state index is 13.7. The molecule has 0 aliphatic carbocycles. The maximum Gasteiger partial charge on any atom is 0.490 e. The van der Waals surface area contributed by atoms with Crippen molar-refractivity contribution in [3.05, 3.63) is 62.0 Å². The first-order chi connectivity index (χ1) is 34.0. The SMILES string of the molecule is CO[C@]1(n2ccc(N)nc2=O)CO[C@H](COP(=O)(O)OP(=O)(O)OP(=O)(O)OCC2OC([n+]3cn(C)c4c(=O)[nH]c(N)nc43)C(O)C2O)[C@@H]1OP(=O)(O)OC[C@H]1O[C@@H](n2ccc3c(=O)[nH]c(N)nc32)C(O)[C@H]1O. The number of hydrogen-bond donors (Lipinski definition) is 13. The highest BCUT2D eigenvalue weighted by Gasteiger charge is 2.58. The van der Waals surface area contributed by atoms with Crippen LogP contribution in [0.25, 0.3) is 22.2 Å². The molecule has 16 N–H and O–H groups in total. The topological polar surface area (TPSA) is 541 Å². The number of nitrogens with zero attached hydrogens (tertiary/aromatic N) is 7. The molecule has 9 unspecified atom stereocenters. The Balaban J connectivity index is 0.923. The minimum absolute atomic E-state index is 0.0290. The number of nitrogens with two attached hydrogens (primary N) is 3. The van der Waals surface area contributed by atoms with Crippen molar-refractivity contribution in [2.24, 2.45) is 7.05 Å². The van der Waals surface area contributed by atoms with Gasteiger partial charge in [-0.3, -0.25) is 46.8 Å². The fourth-order valence-electron chi connectivity index (χ4n) is 8.07. The molecular formula is C32H45N12O25P4+. The molecule has 3 fully saturated rings. The smallest absolute Gasteiger partial charge is 0.387 e. The first-order valence-electron chi connectivity index (χ1n) is 20.6. The van der Waals surface area contributed by atoms with Gasteiger partial charge in [0.05, 0.1) is 38.9 Å². The van der Waals surface area contributed by atoms with Gasteiger partial charge in [0.1, 0.15) is 54.6 Å². The maximum absolute atomic E-state index is 13.7. The van der Waals surface area contributed by atoms with Crippen molar-refractivity contribution in [3.8, 4) is 0 Å². The number of anilines is 3. The Morgan fingerprint density at radius 2 is 1.36 bits per heavy atom. The highest BCUT2D eigenvalue weighted by Crippen LogP contribution is 2.68. The van der Waals surface area contributed by atoms with Gasteiger partial charge in [0.2, 0.25) is 23.4 Å². The van der Waals surface area contributed by atoms with Crippen LogP contribution in [0.5, 0.6) is 0 Å². The first kappa shape index (κ1) is 54.5. The van der Waals surface area contributed by atoms with E-state index in [1.807, 2.05) is 0 Å². The van der Waals surface area contributed by atoms with Crippen LogP contribution in [0.15, 0.2) is 45.2 Å². The molecule has 0 spiro atoms. The molecule has 3 aliphatic rings. The van der Waals surface area contributed by atoms with Crippen LogP contribution in [-0.4, -0.2) is 161 Å². The Morgan fingerprint density at radius 3 is 2.00 bits per heavy atom. The number of fused-ring (bicyclic) bond motifs is 2. The van der Waals surface area contributed by atoms with Crippen LogP contribution >= 0.6 is 31.3 Å². The fraction of sp³-hybridized carbons (Fsp3) is 0.531. The van der Waals surface area contributed by atoms with E-state index in [4.69, 9.17) is 49.7 Å². The summed E-state index contributed by atoms with van der Waals surface area (Å²) in [5.41, 5.74) is 11.9. The van der Waals surface area contributed by atoms with Crippen LogP contribution in [0.2, 0.25) is 0 Å². The Labute approximate surface area is 404 Å². The molecule has 5 aromatic heterocycles. The van der Waals surface area contributed by atoms with Crippen molar-refractivity contribution in [2.75, 3.05) is 50.7 Å². The first-order valence-corrected chi connectivity index (χ1v) is 26.6. The third kappa shape index (κ3) is 11.0. The number of aliphatic hydroxyl groups excluding tert-OH is 4. The lowest BCUT2D eigenvalue weighted by atomic mass is 10.1. The van der Waals surface area contributed by atoms with E-state index in [9.17, 15) is 72.6 Å². The molecule has 0 radical (unpaired) electrons. The van der Waals surface area contributed by atoms with Gasteiger partial charge in [0.25, 0.3) is 17.1 Å². The van der Waals surface area contributed by atoms with Gasteiger partial charge in [0, 0.05) is 19.5 Å².